The van der Waals surface area contributed by atoms with Crippen LogP contribution in [0, 0.1) is 0 Å². The van der Waals surface area contributed by atoms with Crippen molar-refractivity contribution in [2.45, 2.75) is 6.61 Å². The van der Waals surface area contributed by atoms with E-state index in [0.29, 0.717) is 56.3 Å². The van der Waals surface area contributed by atoms with Crippen LogP contribution < -0.4 is 30.2 Å². The Morgan fingerprint density at radius 2 is 1.55 bits per heavy atom. The number of carbonyl (C=O) groups excluding carboxylic acids is 1. The van der Waals surface area contributed by atoms with Gasteiger partial charge in [-0.2, -0.15) is 0 Å². The van der Waals surface area contributed by atoms with Crippen molar-refractivity contribution in [3.8, 4) is 39.8 Å². The van der Waals surface area contributed by atoms with Gasteiger partial charge in [-0.25, -0.2) is 4.79 Å². The number of benzene rings is 3. The molecule has 2 heterocycles. The Hall–Kier alpha value is -4.93. The molecule has 0 spiro atoms. The highest BCUT2D eigenvalue weighted by Crippen LogP contribution is 2.44. The first-order valence-corrected chi connectivity index (χ1v) is 12.9. The lowest BCUT2D eigenvalue weighted by molar-refractivity contribution is 0.0591. The molecule has 230 valence electrons. The van der Waals surface area contributed by atoms with Crippen molar-refractivity contribution in [3.63, 3.8) is 0 Å². The quantitative estimate of drug-likeness (QED) is 0.156. The Bertz CT molecular complexity index is 1800. The second-order valence-corrected chi connectivity index (χ2v) is 9.22. The maximum Gasteiger partial charge on any atom is 0.355 e. The molecule has 2 N–H and O–H groups in total. The highest BCUT2D eigenvalue weighted by molar-refractivity contribution is 6.08. The molecular formula is C32H31Cl2N3O7. The second-order valence-electron chi connectivity index (χ2n) is 9.22. The van der Waals surface area contributed by atoms with Gasteiger partial charge in [0.25, 0.3) is 5.56 Å². The van der Waals surface area contributed by atoms with E-state index in [2.05, 4.69) is 4.98 Å². The Morgan fingerprint density at radius 3 is 2.11 bits per heavy atom. The number of nitrogens with zero attached hydrogens (tertiary/aromatic N) is 2. The van der Waals surface area contributed by atoms with Crippen LogP contribution in [0.25, 0.3) is 27.6 Å². The van der Waals surface area contributed by atoms with E-state index in [1.54, 1.807) is 67.0 Å². The third-order valence-corrected chi connectivity index (χ3v) is 6.77. The van der Waals surface area contributed by atoms with Crippen LogP contribution in [-0.4, -0.2) is 44.0 Å². The molecule has 3 aromatic carbocycles. The predicted molar refractivity (Wildman–Crippen MR) is 173 cm³/mol. The van der Waals surface area contributed by atoms with Gasteiger partial charge in [0, 0.05) is 34.9 Å². The Labute approximate surface area is 266 Å². The van der Waals surface area contributed by atoms with Crippen molar-refractivity contribution in [3.05, 3.63) is 101 Å². The van der Waals surface area contributed by atoms with Gasteiger partial charge in [-0.05, 0) is 71.6 Å². The van der Waals surface area contributed by atoms with Crippen LogP contribution in [0.2, 0.25) is 0 Å². The van der Waals surface area contributed by atoms with Crippen LogP contribution >= 0.6 is 24.8 Å². The number of hydrogen-bond acceptors (Lipinski definition) is 9. The molecule has 5 aromatic rings. The number of pyridine rings is 2. The molecule has 0 atom stereocenters. The molecule has 0 aliphatic carbocycles. The highest BCUT2D eigenvalue weighted by Gasteiger charge is 2.27. The third kappa shape index (κ3) is 6.36. The minimum Gasteiger partial charge on any atom is -0.493 e. The summed E-state index contributed by atoms with van der Waals surface area (Å²) in [4.78, 5) is 31.8. The van der Waals surface area contributed by atoms with Crippen LogP contribution in [0.5, 0.6) is 23.0 Å². The van der Waals surface area contributed by atoms with Crippen molar-refractivity contribution in [2.75, 3.05) is 34.2 Å². The fraction of sp³-hybridized carbons (Fsp3) is 0.156. The lowest BCUT2D eigenvalue weighted by Gasteiger charge is -2.21. The summed E-state index contributed by atoms with van der Waals surface area (Å²) in [7, 11) is 5.77. The number of ether oxygens (including phenoxy) is 5. The molecule has 0 saturated heterocycles. The molecule has 0 saturated carbocycles. The summed E-state index contributed by atoms with van der Waals surface area (Å²) in [6.07, 6.45) is 3.39. The van der Waals surface area contributed by atoms with E-state index < -0.39 is 11.5 Å². The van der Waals surface area contributed by atoms with Crippen LogP contribution in [0.1, 0.15) is 16.1 Å². The summed E-state index contributed by atoms with van der Waals surface area (Å²) in [5, 5.41) is 0.807. The smallest absolute Gasteiger partial charge is 0.355 e. The number of rotatable bonds is 9. The van der Waals surface area contributed by atoms with E-state index >= 15 is 0 Å². The zero-order valence-corrected chi connectivity index (χ0v) is 26.0. The molecule has 0 fully saturated rings. The third-order valence-electron chi connectivity index (χ3n) is 6.77. The van der Waals surface area contributed by atoms with E-state index in [1.807, 2.05) is 12.1 Å². The zero-order chi connectivity index (χ0) is 29.8. The average molecular weight is 641 g/mol. The van der Waals surface area contributed by atoms with E-state index in [4.69, 9.17) is 29.4 Å². The fourth-order valence-corrected chi connectivity index (χ4v) is 4.80. The van der Waals surface area contributed by atoms with Gasteiger partial charge < -0.3 is 29.4 Å². The van der Waals surface area contributed by atoms with Crippen LogP contribution in [-0.2, 0) is 11.3 Å². The number of halogens is 2. The predicted octanol–water partition coefficient (Wildman–Crippen LogP) is 5.87. The summed E-state index contributed by atoms with van der Waals surface area (Å²) in [6.45, 7) is 0.255. The number of nitrogens with two attached hydrogens (primary N) is 1. The van der Waals surface area contributed by atoms with Crippen LogP contribution in [0.3, 0.4) is 0 Å². The average Bonchev–Trinajstić information content (AvgIpc) is 3.03. The van der Waals surface area contributed by atoms with Gasteiger partial charge in [-0.1, -0.05) is 6.07 Å². The zero-order valence-electron chi connectivity index (χ0n) is 24.4. The van der Waals surface area contributed by atoms with E-state index in [1.165, 1.54) is 33.0 Å². The molecule has 0 amide bonds. The summed E-state index contributed by atoms with van der Waals surface area (Å²) in [5.74, 6) is 0.876. The number of hydrogen-bond donors (Lipinski definition) is 1. The van der Waals surface area contributed by atoms with Crippen LogP contribution in [0.4, 0.5) is 5.69 Å². The van der Waals surface area contributed by atoms with Crippen molar-refractivity contribution in [2.24, 2.45) is 0 Å². The van der Waals surface area contributed by atoms with E-state index in [9.17, 15) is 9.59 Å². The first-order chi connectivity index (χ1) is 20.4. The normalized spacial score (nSPS) is 10.3. The summed E-state index contributed by atoms with van der Waals surface area (Å²) < 4.78 is 29.2. The number of nitrogen functional groups attached to an aromatic ring is 1. The molecule has 44 heavy (non-hydrogen) atoms. The molecule has 0 radical (unpaired) electrons. The van der Waals surface area contributed by atoms with Crippen molar-refractivity contribution >= 4 is 47.2 Å². The second kappa shape index (κ2) is 14.5. The topological polar surface area (TPSA) is 124 Å². The molecule has 2 aromatic heterocycles. The summed E-state index contributed by atoms with van der Waals surface area (Å²) in [6, 6.07) is 18.9. The molecule has 5 rings (SSSR count). The van der Waals surface area contributed by atoms with E-state index in [0.717, 1.165) is 5.56 Å². The van der Waals surface area contributed by atoms with Crippen molar-refractivity contribution in [1.82, 2.24) is 9.55 Å². The van der Waals surface area contributed by atoms with Gasteiger partial charge in [0.2, 0.25) is 5.75 Å². The standard InChI is InChI=1S/C32H29N3O7.2ClH/c1-38-26-14-20(15-27(39-2)30(26)40-3)28-24-12-11-23(42-18-19-6-5-13-34-17-19)16-25(24)31(36)35(29(28)32(37)41-4)22-9-7-21(33)8-10-22;;/h5-17H,18,33H2,1-4H3;2*1H. The lowest BCUT2D eigenvalue weighted by atomic mass is 9.95. The number of aromatic nitrogens is 2. The number of carbonyl (C=O) groups is 1. The number of esters is 1. The molecule has 0 unspecified atom stereocenters. The van der Waals surface area contributed by atoms with Gasteiger partial charge in [-0.15, -0.1) is 24.8 Å². The summed E-state index contributed by atoms with van der Waals surface area (Å²) >= 11 is 0. The minimum atomic E-state index is -0.716. The van der Waals surface area contributed by atoms with Gasteiger partial charge in [0.05, 0.1) is 33.8 Å². The monoisotopic (exact) mass is 639 g/mol. The van der Waals surface area contributed by atoms with Gasteiger partial charge in [0.15, 0.2) is 11.5 Å². The molecule has 0 aliphatic rings. The first kappa shape index (κ1) is 33.6. The van der Waals surface area contributed by atoms with Crippen molar-refractivity contribution < 1.29 is 28.5 Å². The number of methoxy groups -OCH3 is 4. The maximum absolute atomic E-state index is 14.2. The Balaban J connectivity index is 0.00000264. The fourth-order valence-electron chi connectivity index (χ4n) is 4.80. The molecule has 0 aliphatic heterocycles. The molecule has 12 heteroatoms. The minimum absolute atomic E-state index is 0. The molecule has 10 nitrogen and oxygen atoms in total. The lowest BCUT2D eigenvalue weighted by Crippen LogP contribution is -2.27. The summed E-state index contributed by atoms with van der Waals surface area (Å²) in [5.41, 5.74) is 8.25. The number of fused-ring (bicyclic) bond motifs is 1. The van der Waals surface area contributed by atoms with Gasteiger partial charge >= 0.3 is 5.97 Å². The first-order valence-electron chi connectivity index (χ1n) is 12.9. The highest BCUT2D eigenvalue weighted by atomic mass is 35.5. The number of anilines is 1. The van der Waals surface area contributed by atoms with Gasteiger partial charge in [0.1, 0.15) is 18.1 Å². The van der Waals surface area contributed by atoms with Gasteiger partial charge in [-0.3, -0.25) is 14.3 Å². The Kier molecular flexibility index (Phi) is 11.1. The Morgan fingerprint density at radius 1 is 0.864 bits per heavy atom. The molecule has 0 bridgehead atoms. The maximum atomic E-state index is 14.2. The van der Waals surface area contributed by atoms with Crippen molar-refractivity contribution in [1.29, 1.82) is 0 Å². The SMILES string of the molecule is COC(=O)c1c(-c2cc(OC)c(OC)c(OC)c2)c2ccc(OCc3cccnc3)cc2c(=O)n1-c1ccc(N)cc1.Cl.Cl. The van der Waals surface area contributed by atoms with Crippen LogP contribution in [0.15, 0.2) is 83.9 Å². The molecular weight excluding hydrogens is 609 g/mol. The largest absolute Gasteiger partial charge is 0.493 e. The van der Waals surface area contributed by atoms with E-state index in [-0.39, 0.29) is 37.1 Å².